The molecule has 0 radical (unpaired) electrons. The van der Waals surface area contributed by atoms with Gasteiger partial charge in [-0.05, 0) is 30.9 Å². The number of aliphatic hydroxyl groups excluding tert-OH is 1. The Morgan fingerprint density at radius 3 is 3.00 bits per heavy atom. The third kappa shape index (κ3) is 3.86. The number of carbonyl (C=O) groups is 1. The Hall–Kier alpha value is -1.33. The number of likely N-dealkylation sites (tertiary alicyclic amines) is 1. The van der Waals surface area contributed by atoms with Crippen LogP contribution in [0.1, 0.15) is 37.2 Å². The second-order valence-corrected chi connectivity index (χ2v) is 5.95. The summed E-state index contributed by atoms with van der Waals surface area (Å²) in [6.45, 7) is 5.81. The van der Waals surface area contributed by atoms with Gasteiger partial charge in [0.25, 0.3) is 5.91 Å². The molecule has 1 aliphatic heterocycles. The van der Waals surface area contributed by atoms with Gasteiger partial charge in [0.15, 0.2) is 0 Å². The molecule has 2 N–H and O–H groups in total. The minimum atomic E-state index is -0.483. The zero-order valence-electron chi connectivity index (χ0n) is 12.5. The van der Waals surface area contributed by atoms with Crippen molar-refractivity contribution in [3.05, 3.63) is 22.8 Å². The molecule has 1 aromatic rings. The van der Waals surface area contributed by atoms with E-state index in [1.165, 1.54) is 0 Å². The van der Waals surface area contributed by atoms with Gasteiger partial charge in [-0.1, -0.05) is 25.4 Å². The molecule has 0 saturated carbocycles. The molecule has 0 aliphatic carbocycles. The number of hydrogen-bond donors (Lipinski definition) is 2. The normalized spacial score (nSPS) is 22.2. The number of anilines is 1. The van der Waals surface area contributed by atoms with E-state index in [9.17, 15) is 9.90 Å². The van der Waals surface area contributed by atoms with Gasteiger partial charge in [-0.3, -0.25) is 4.79 Å². The van der Waals surface area contributed by atoms with Crippen molar-refractivity contribution in [1.82, 2.24) is 9.88 Å². The smallest absolute Gasteiger partial charge is 0.274 e. The monoisotopic (exact) mass is 311 g/mol. The topological polar surface area (TPSA) is 65.5 Å². The highest BCUT2D eigenvalue weighted by Crippen LogP contribution is 2.22. The van der Waals surface area contributed by atoms with Crippen LogP contribution in [-0.2, 0) is 0 Å². The molecule has 2 unspecified atom stereocenters. The van der Waals surface area contributed by atoms with Crippen molar-refractivity contribution in [3.8, 4) is 0 Å². The average molecular weight is 312 g/mol. The summed E-state index contributed by atoms with van der Waals surface area (Å²) in [5.74, 6) is 0.650. The number of piperidine rings is 1. The lowest BCUT2D eigenvalue weighted by atomic mass is 9.96. The number of halogens is 1. The van der Waals surface area contributed by atoms with E-state index < -0.39 is 6.10 Å². The average Bonchev–Trinajstić information content (AvgIpc) is 2.48. The maximum atomic E-state index is 12.5. The minimum absolute atomic E-state index is 0.217. The predicted molar refractivity (Wildman–Crippen MR) is 83.7 cm³/mol. The first kappa shape index (κ1) is 16.0. The fourth-order valence-electron chi connectivity index (χ4n) is 2.33. The number of amides is 1. The molecule has 21 heavy (non-hydrogen) atoms. The number of rotatable bonds is 4. The first-order valence-electron chi connectivity index (χ1n) is 7.40. The first-order chi connectivity index (χ1) is 10.0. The zero-order chi connectivity index (χ0) is 15.4. The van der Waals surface area contributed by atoms with Gasteiger partial charge in [-0.15, -0.1) is 0 Å². The molecule has 6 heteroatoms. The molecular weight excluding hydrogens is 290 g/mol. The van der Waals surface area contributed by atoms with E-state index in [0.717, 1.165) is 19.4 Å². The maximum Gasteiger partial charge on any atom is 0.274 e. The van der Waals surface area contributed by atoms with Crippen molar-refractivity contribution in [2.45, 2.75) is 32.8 Å². The third-order valence-corrected chi connectivity index (χ3v) is 4.12. The summed E-state index contributed by atoms with van der Waals surface area (Å²) in [4.78, 5) is 18.5. The van der Waals surface area contributed by atoms with Crippen LogP contribution in [0.15, 0.2) is 12.1 Å². The Bertz CT molecular complexity index is 510. The Morgan fingerprint density at radius 1 is 1.57 bits per heavy atom. The highest BCUT2D eigenvalue weighted by molar-refractivity contribution is 6.33. The quantitative estimate of drug-likeness (QED) is 0.896. The van der Waals surface area contributed by atoms with Crippen molar-refractivity contribution in [2.75, 3.05) is 25.0 Å². The summed E-state index contributed by atoms with van der Waals surface area (Å²) in [6.07, 6.45) is 1.28. The Kier molecular flexibility index (Phi) is 5.42. The molecule has 1 amide bonds. The molecule has 2 atom stereocenters. The minimum Gasteiger partial charge on any atom is -0.391 e. The van der Waals surface area contributed by atoms with E-state index in [1.807, 2.05) is 6.92 Å². The molecule has 0 spiro atoms. The van der Waals surface area contributed by atoms with Crippen LogP contribution in [-0.4, -0.2) is 46.6 Å². The summed E-state index contributed by atoms with van der Waals surface area (Å²) >= 11 is 6.11. The largest absolute Gasteiger partial charge is 0.391 e. The van der Waals surface area contributed by atoms with Gasteiger partial charge < -0.3 is 15.3 Å². The van der Waals surface area contributed by atoms with Crippen molar-refractivity contribution in [2.24, 2.45) is 5.92 Å². The summed E-state index contributed by atoms with van der Waals surface area (Å²) in [5.41, 5.74) is 0.250. The standard InChI is InChI=1S/C15H22ClN3O2/c1-3-7-17-13-5-4-11(16)14(18-13)15(21)19-8-6-10(2)12(20)9-19/h4-5,10,12,20H,3,6-9H2,1-2H3,(H,17,18). The van der Waals surface area contributed by atoms with Crippen LogP contribution >= 0.6 is 11.6 Å². The van der Waals surface area contributed by atoms with Crippen LogP contribution in [0.4, 0.5) is 5.82 Å². The molecule has 2 rings (SSSR count). The van der Waals surface area contributed by atoms with E-state index in [4.69, 9.17) is 11.6 Å². The third-order valence-electron chi connectivity index (χ3n) is 3.81. The van der Waals surface area contributed by atoms with Crippen molar-refractivity contribution in [1.29, 1.82) is 0 Å². The van der Waals surface area contributed by atoms with Crippen LogP contribution < -0.4 is 5.32 Å². The number of carbonyl (C=O) groups excluding carboxylic acids is 1. The van der Waals surface area contributed by atoms with E-state index in [0.29, 0.717) is 23.9 Å². The molecule has 1 fully saturated rings. The second-order valence-electron chi connectivity index (χ2n) is 5.54. The van der Waals surface area contributed by atoms with Gasteiger partial charge in [-0.25, -0.2) is 4.98 Å². The molecular formula is C15H22ClN3O2. The Morgan fingerprint density at radius 2 is 2.33 bits per heavy atom. The summed E-state index contributed by atoms with van der Waals surface area (Å²) < 4.78 is 0. The van der Waals surface area contributed by atoms with Crippen LogP contribution in [0.5, 0.6) is 0 Å². The van der Waals surface area contributed by atoms with Gasteiger partial charge in [0.1, 0.15) is 11.5 Å². The number of hydrogen-bond acceptors (Lipinski definition) is 4. The lowest BCUT2D eigenvalue weighted by Gasteiger charge is -2.34. The van der Waals surface area contributed by atoms with E-state index in [2.05, 4.69) is 17.2 Å². The fraction of sp³-hybridized carbons (Fsp3) is 0.600. The fourth-order valence-corrected chi connectivity index (χ4v) is 2.51. The van der Waals surface area contributed by atoms with Crippen LogP contribution in [0.25, 0.3) is 0 Å². The molecule has 0 aromatic carbocycles. The highest BCUT2D eigenvalue weighted by atomic mass is 35.5. The zero-order valence-corrected chi connectivity index (χ0v) is 13.2. The van der Waals surface area contributed by atoms with Crippen molar-refractivity contribution in [3.63, 3.8) is 0 Å². The SMILES string of the molecule is CCCNc1ccc(Cl)c(C(=O)N2CCC(C)C(O)C2)n1. The summed E-state index contributed by atoms with van der Waals surface area (Å²) in [5, 5.41) is 13.4. The number of β-amino-alcohol motifs (C(OH)–C–C–N with tert-alkyl or cyclic N) is 1. The predicted octanol–water partition coefficient (Wildman–Crippen LogP) is 2.40. The Labute approximate surface area is 130 Å². The Balaban J connectivity index is 2.14. The lowest BCUT2D eigenvalue weighted by molar-refractivity contribution is 0.0245. The molecule has 0 bridgehead atoms. The molecule has 1 aromatic heterocycles. The lowest BCUT2D eigenvalue weighted by Crippen LogP contribution is -2.46. The van der Waals surface area contributed by atoms with Gasteiger partial charge in [-0.2, -0.15) is 0 Å². The van der Waals surface area contributed by atoms with Gasteiger partial charge in [0.2, 0.25) is 0 Å². The first-order valence-corrected chi connectivity index (χ1v) is 7.78. The van der Waals surface area contributed by atoms with E-state index in [1.54, 1.807) is 17.0 Å². The van der Waals surface area contributed by atoms with Crippen LogP contribution in [0.3, 0.4) is 0 Å². The molecule has 1 aliphatic rings. The molecule has 5 nitrogen and oxygen atoms in total. The number of nitrogens with zero attached hydrogens (tertiary/aromatic N) is 2. The van der Waals surface area contributed by atoms with Gasteiger partial charge in [0, 0.05) is 19.6 Å². The number of aromatic nitrogens is 1. The number of pyridine rings is 1. The summed E-state index contributed by atoms with van der Waals surface area (Å²) in [6, 6.07) is 3.45. The van der Waals surface area contributed by atoms with Crippen LogP contribution in [0, 0.1) is 5.92 Å². The van der Waals surface area contributed by atoms with Gasteiger partial charge >= 0.3 is 0 Å². The van der Waals surface area contributed by atoms with E-state index >= 15 is 0 Å². The second kappa shape index (κ2) is 7.09. The van der Waals surface area contributed by atoms with Crippen LogP contribution in [0.2, 0.25) is 5.02 Å². The summed E-state index contributed by atoms with van der Waals surface area (Å²) in [7, 11) is 0. The molecule has 116 valence electrons. The molecule has 1 saturated heterocycles. The van der Waals surface area contributed by atoms with Gasteiger partial charge in [0.05, 0.1) is 11.1 Å². The van der Waals surface area contributed by atoms with Crippen molar-refractivity contribution >= 4 is 23.3 Å². The van der Waals surface area contributed by atoms with Crippen molar-refractivity contribution < 1.29 is 9.90 Å². The van der Waals surface area contributed by atoms with E-state index in [-0.39, 0.29) is 17.5 Å². The highest BCUT2D eigenvalue weighted by Gasteiger charge is 2.29. The number of aliphatic hydroxyl groups is 1. The maximum absolute atomic E-state index is 12.5. The molecule has 2 heterocycles. The number of nitrogens with one attached hydrogen (secondary N) is 1.